The van der Waals surface area contributed by atoms with Gasteiger partial charge in [-0.2, -0.15) is 0 Å². The second kappa shape index (κ2) is 5.72. The second-order valence-corrected chi connectivity index (χ2v) is 5.82. The van der Waals surface area contributed by atoms with Gasteiger partial charge in [0.25, 0.3) is 0 Å². The SMILES string of the molecule is Cc1cccc(N=Nc2c(C(C)C)nc3ccccn23)c1C. The van der Waals surface area contributed by atoms with Gasteiger partial charge in [0.2, 0.25) is 0 Å². The van der Waals surface area contributed by atoms with Crippen molar-refractivity contribution < 1.29 is 0 Å². The third kappa shape index (κ3) is 2.52. The maximum absolute atomic E-state index is 4.67. The first kappa shape index (κ1) is 14.4. The molecule has 0 N–H and O–H groups in total. The summed E-state index contributed by atoms with van der Waals surface area (Å²) < 4.78 is 1.99. The van der Waals surface area contributed by atoms with Crippen LogP contribution in [-0.4, -0.2) is 9.38 Å². The molecule has 0 atom stereocenters. The van der Waals surface area contributed by atoms with Gasteiger partial charge in [0.1, 0.15) is 5.65 Å². The lowest BCUT2D eigenvalue weighted by Crippen LogP contribution is -1.87. The first-order chi connectivity index (χ1) is 10.6. The van der Waals surface area contributed by atoms with Crippen LogP contribution in [0.3, 0.4) is 0 Å². The van der Waals surface area contributed by atoms with Gasteiger partial charge in [-0.25, -0.2) is 4.98 Å². The molecular weight excluding hydrogens is 272 g/mol. The molecule has 112 valence electrons. The van der Waals surface area contributed by atoms with E-state index in [2.05, 4.69) is 49.0 Å². The van der Waals surface area contributed by atoms with Crippen LogP contribution in [0, 0.1) is 13.8 Å². The van der Waals surface area contributed by atoms with E-state index < -0.39 is 0 Å². The Morgan fingerprint density at radius 1 is 1.00 bits per heavy atom. The van der Waals surface area contributed by atoms with E-state index in [-0.39, 0.29) is 0 Å². The molecule has 3 rings (SSSR count). The zero-order valence-corrected chi connectivity index (χ0v) is 13.4. The predicted octanol–water partition coefficient (Wildman–Crippen LogP) is 5.49. The molecule has 0 fully saturated rings. The molecule has 0 saturated carbocycles. The summed E-state index contributed by atoms with van der Waals surface area (Å²) in [6, 6.07) is 12.0. The maximum atomic E-state index is 4.67. The standard InChI is InChI=1S/C18H20N4/c1-12(2)17-18(22-11-6-5-10-16(22)19-17)21-20-15-9-7-8-13(3)14(15)4/h5-12H,1-4H3. The summed E-state index contributed by atoms with van der Waals surface area (Å²) in [5.74, 6) is 1.11. The molecule has 4 nitrogen and oxygen atoms in total. The van der Waals surface area contributed by atoms with Crippen LogP contribution in [0.4, 0.5) is 11.5 Å². The summed E-state index contributed by atoms with van der Waals surface area (Å²) >= 11 is 0. The molecule has 22 heavy (non-hydrogen) atoms. The number of nitrogens with zero attached hydrogens (tertiary/aromatic N) is 4. The topological polar surface area (TPSA) is 42.0 Å². The fourth-order valence-electron chi connectivity index (χ4n) is 2.43. The van der Waals surface area contributed by atoms with Gasteiger partial charge in [0.15, 0.2) is 5.82 Å². The number of aryl methyl sites for hydroxylation is 1. The minimum atomic E-state index is 0.299. The Morgan fingerprint density at radius 3 is 2.59 bits per heavy atom. The molecule has 0 amide bonds. The molecule has 0 radical (unpaired) electrons. The largest absolute Gasteiger partial charge is 0.283 e. The fourth-order valence-corrected chi connectivity index (χ4v) is 2.43. The fraction of sp³-hybridized carbons (Fsp3) is 0.278. The first-order valence-electron chi connectivity index (χ1n) is 7.53. The summed E-state index contributed by atoms with van der Waals surface area (Å²) in [4.78, 5) is 4.67. The van der Waals surface area contributed by atoms with Crippen molar-refractivity contribution in [1.29, 1.82) is 0 Å². The highest BCUT2D eigenvalue weighted by Gasteiger charge is 2.14. The summed E-state index contributed by atoms with van der Waals surface area (Å²) in [7, 11) is 0. The maximum Gasteiger partial charge on any atom is 0.183 e. The average molecular weight is 292 g/mol. The summed E-state index contributed by atoms with van der Waals surface area (Å²) in [5, 5.41) is 8.98. The lowest BCUT2D eigenvalue weighted by Gasteiger charge is -2.04. The van der Waals surface area contributed by atoms with Crippen molar-refractivity contribution in [2.24, 2.45) is 10.2 Å². The molecular formula is C18H20N4. The third-order valence-electron chi connectivity index (χ3n) is 3.91. The van der Waals surface area contributed by atoms with Gasteiger partial charge >= 0.3 is 0 Å². The van der Waals surface area contributed by atoms with E-state index in [9.17, 15) is 0 Å². The highest BCUT2D eigenvalue weighted by molar-refractivity contribution is 5.54. The van der Waals surface area contributed by atoms with E-state index in [1.165, 1.54) is 5.56 Å². The number of hydrogen-bond acceptors (Lipinski definition) is 3. The van der Waals surface area contributed by atoms with Crippen LogP contribution in [0.2, 0.25) is 0 Å². The molecule has 0 aliphatic rings. The van der Waals surface area contributed by atoms with Gasteiger partial charge in [-0.15, -0.1) is 10.2 Å². The van der Waals surface area contributed by atoms with Gasteiger partial charge in [-0.05, 0) is 49.1 Å². The number of fused-ring (bicyclic) bond motifs is 1. The van der Waals surface area contributed by atoms with E-state index in [0.29, 0.717) is 5.92 Å². The summed E-state index contributed by atoms with van der Waals surface area (Å²) in [6.45, 7) is 8.40. The Bertz CT molecular complexity index is 843. The highest BCUT2D eigenvalue weighted by Crippen LogP contribution is 2.30. The molecule has 0 aliphatic carbocycles. The molecule has 0 unspecified atom stereocenters. The predicted molar refractivity (Wildman–Crippen MR) is 89.4 cm³/mol. The van der Waals surface area contributed by atoms with Crippen molar-refractivity contribution in [3.8, 4) is 0 Å². The molecule has 1 aromatic carbocycles. The average Bonchev–Trinajstić information content (AvgIpc) is 2.88. The van der Waals surface area contributed by atoms with Gasteiger partial charge in [-0.3, -0.25) is 4.40 Å². The Kier molecular flexibility index (Phi) is 3.75. The van der Waals surface area contributed by atoms with Crippen LogP contribution >= 0.6 is 0 Å². The van der Waals surface area contributed by atoms with Crippen molar-refractivity contribution in [2.75, 3.05) is 0 Å². The molecule has 0 aliphatic heterocycles. The molecule has 0 saturated heterocycles. The Morgan fingerprint density at radius 2 is 1.82 bits per heavy atom. The van der Waals surface area contributed by atoms with E-state index in [1.54, 1.807) is 0 Å². The molecule has 2 aromatic heterocycles. The van der Waals surface area contributed by atoms with Crippen LogP contribution in [0.25, 0.3) is 5.65 Å². The number of rotatable bonds is 3. The first-order valence-corrected chi connectivity index (χ1v) is 7.53. The summed E-state index contributed by atoms with van der Waals surface area (Å²) in [6.07, 6.45) is 1.98. The van der Waals surface area contributed by atoms with Crippen LogP contribution in [0.1, 0.15) is 36.6 Å². The minimum Gasteiger partial charge on any atom is -0.283 e. The van der Waals surface area contributed by atoms with Gasteiger partial charge in [-0.1, -0.05) is 32.0 Å². The van der Waals surface area contributed by atoms with Crippen LogP contribution in [0.15, 0.2) is 52.8 Å². The van der Waals surface area contributed by atoms with E-state index in [4.69, 9.17) is 0 Å². The van der Waals surface area contributed by atoms with Crippen molar-refractivity contribution >= 4 is 17.2 Å². The number of benzene rings is 1. The number of hydrogen-bond donors (Lipinski definition) is 0. The number of azo groups is 1. The smallest absolute Gasteiger partial charge is 0.183 e. The lowest BCUT2D eigenvalue weighted by molar-refractivity contribution is 0.831. The van der Waals surface area contributed by atoms with Crippen molar-refractivity contribution in [2.45, 2.75) is 33.6 Å². The Hall–Kier alpha value is -2.49. The highest BCUT2D eigenvalue weighted by atomic mass is 15.2. The number of pyridine rings is 1. The van der Waals surface area contributed by atoms with E-state index in [0.717, 1.165) is 28.4 Å². The van der Waals surface area contributed by atoms with E-state index in [1.807, 2.05) is 40.9 Å². The third-order valence-corrected chi connectivity index (χ3v) is 3.91. The Balaban J connectivity index is 2.11. The monoisotopic (exact) mass is 292 g/mol. The molecule has 0 bridgehead atoms. The van der Waals surface area contributed by atoms with E-state index >= 15 is 0 Å². The molecule has 3 aromatic rings. The minimum absolute atomic E-state index is 0.299. The second-order valence-electron chi connectivity index (χ2n) is 5.82. The zero-order valence-electron chi connectivity index (χ0n) is 13.4. The Labute approximate surface area is 130 Å². The quantitative estimate of drug-likeness (QED) is 0.588. The van der Waals surface area contributed by atoms with Crippen LogP contribution in [-0.2, 0) is 0 Å². The van der Waals surface area contributed by atoms with Gasteiger partial charge in [0.05, 0.1) is 11.4 Å². The number of aromatic nitrogens is 2. The molecule has 0 spiro atoms. The lowest BCUT2D eigenvalue weighted by atomic mass is 10.1. The van der Waals surface area contributed by atoms with Crippen molar-refractivity contribution in [3.63, 3.8) is 0 Å². The number of imidazole rings is 1. The van der Waals surface area contributed by atoms with Crippen LogP contribution in [0.5, 0.6) is 0 Å². The zero-order chi connectivity index (χ0) is 15.7. The van der Waals surface area contributed by atoms with Crippen LogP contribution < -0.4 is 0 Å². The van der Waals surface area contributed by atoms with Crippen molar-refractivity contribution in [3.05, 3.63) is 59.4 Å². The molecule has 2 heterocycles. The van der Waals surface area contributed by atoms with Gasteiger partial charge < -0.3 is 0 Å². The normalized spacial score (nSPS) is 11.9. The summed E-state index contributed by atoms with van der Waals surface area (Å²) in [5.41, 5.74) is 5.16. The van der Waals surface area contributed by atoms with Crippen molar-refractivity contribution in [1.82, 2.24) is 9.38 Å². The van der Waals surface area contributed by atoms with Gasteiger partial charge in [0, 0.05) is 6.20 Å². The molecule has 4 heteroatoms.